The van der Waals surface area contributed by atoms with Gasteiger partial charge in [-0.2, -0.15) is 0 Å². The molecule has 1 aromatic carbocycles. The van der Waals surface area contributed by atoms with Gasteiger partial charge < -0.3 is 19.0 Å². The maximum absolute atomic E-state index is 14.0. The number of carbonyl (C=O) groups is 1. The monoisotopic (exact) mass is 358 g/mol. The normalized spacial score (nSPS) is 18.4. The first kappa shape index (κ1) is 17.1. The molecule has 1 aromatic heterocycles. The Morgan fingerprint density at radius 3 is 2.81 bits per heavy atom. The van der Waals surface area contributed by atoms with Crippen molar-refractivity contribution in [2.24, 2.45) is 0 Å². The van der Waals surface area contributed by atoms with E-state index in [9.17, 15) is 9.18 Å². The van der Waals surface area contributed by atoms with Crippen LogP contribution in [0.2, 0.25) is 0 Å². The lowest BCUT2D eigenvalue weighted by molar-refractivity contribution is 0.0673. The largest absolute Gasteiger partial charge is 0.472 e. The number of piperidine rings is 1. The van der Waals surface area contributed by atoms with Gasteiger partial charge >= 0.3 is 0 Å². The number of nitrogens with zero attached hydrogens (tertiary/aromatic N) is 2. The van der Waals surface area contributed by atoms with E-state index in [0.717, 1.165) is 37.2 Å². The summed E-state index contributed by atoms with van der Waals surface area (Å²) in [6, 6.07) is 6.77. The lowest BCUT2D eigenvalue weighted by Crippen LogP contribution is -2.47. The summed E-state index contributed by atoms with van der Waals surface area (Å²) < 4.78 is 24.2. The first-order valence-electron chi connectivity index (χ1n) is 8.98. The molecule has 26 heavy (non-hydrogen) atoms. The third-order valence-corrected chi connectivity index (χ3v) is 5.71. The Balaban J connectivity index is 1.54. The Bertz CT molecular complexity index is 782. The number of amides is 1. The molecule has 0 N–H and O–H groups in total. The zero-order valence-electron chi connectivity index (χ0n) is 14.9. The summed E-state index contributed by atoms with van der Waals surface area (Å²) in [6.45, 7) is 3.60. The Hall–Kier alpha value is -2.34. The van der Waals surface area contributed by atoms with Crippen LogP contribution < -0.4 is 4.90 Å². The smallest absolute Gasteiger partial charge is 0.257 e. The molecule has 0 bridgehead atoms. The molecule has 0 aliphatic carbocycles. The van der Waals surface area contributed by atoms with Crippen LogP contribution in [0.25, 0.3) is 0 Å². The number of hydrogen-bond donors (Lipinski definition) is 0. The van der Waals surface area contributed by atoms with E-state index in [1.54, 1.807) is 19.2 Å². The highest BCUT2D eigenvalue weighted by Crippen LogP contribution is 2.47. The van der Waals surface area contributed by atoms with Crippen molar-refractivity contribution in [3.8, 4) is 0 Å². The lowest BCUT2D eigenvalue weighted by Gasteiger charge is -2.40. The zero-order valence-corrected chi connectivity index (χ0v) is 14.9. The zero-order chi connectivity index (χ0) is 18.1. The topological polar surface area (TPSA) is 45.9 Å². The second-order valence-corrected chi connectivity index (χ2v) is 7.16. The molecular formula is C20H23FN2O3. The number of rotatable bonds is 4. The molecular weight excluding hydrogens is 335 g/mol. The number of ether oxygens (including phenoxy) is 1. The van der Waals surface area contributed by atoms with E-state index in [1.165, 1.54) is 18.6 Å². The highest BCUT2D eigenvalue weighted by molar-refractivity contribution is 5.93. The van der Waals surface area contributed by atoms with Gasteiger partial charge in [0.1, 0.15) is 12.1 Å². The summed E-state index contributed by atoms with van der Waals surface area (Å²) in [5.41, 5.74) is 2.65. The quantitative estimate of drug-likeness (QED) is 0.843. The fourth-order valence-electron chi connectivity index (χ4n) is 4.28. The Kier molecular flexibility index (Phi) is 4.44. The van der Waals surface area contributed by atoms with Crippen LogP contribution in [0.3, 0.4) is 0 Å². The van der Waals surface area contributed by atoms with E-state index in [0.29, 0.717) is 25.3 Å². The first-order valence-corrected chi connectivity index (χ1v) is 8.98. The van der Waals surface area contributed by atoms with Crippen molar-refractivity contribution < 1.29 is 18.3 Å². The molecule has 5 nitrogen and oxygen atoms in total. The lowest BCUT2D eigenvalue weighted by atomic mass is 9.74. The molecule has 0 unspecified atom stereocenters. The molecule has 2 aliphatic rings. The third kappa shape index (κ3) is 2.88. The second kappa shape index (κ2) is 6.76. The molecule has 2 aromatic rings. The number of hydrogen-bond acceptors (Lipinski definition) is 4. The maximum Gasteiger partial charge on any atom is 0.257 e. The molecule has 0 atom stereocenters. The van der Waals surface area contributed by atoms with Gasteiger partial charge in [0.15, 0.2) is 0 Å². The van der Waals surface area contributed by atoms with E-state index in [4.69, 9.17) is 9.15 Å². The number of halogens is 1. The third-order valence-electron chi connectivity index (χ3n) is 5.71. The van der Waals surface area contributed by atoms with Gasteiger partial charge in [0.2, 0.25) is 0 Å². The van der Waals surface area contributed by atoms with Gasteiger partial charge in [-0.3, -0.25) is 4.79 Å². The molecule has 1 spiro atoms. The van der Waals surface area contributed by atoms with Crippen molar-refractivity contribution >= 4 is 11.6 Å². The van der Waals surface area contributed by atoms with Gasteiger partial charge in [0.05, 0.1) is 18.4 Å². The highest BCUT2D eigenvalue weighted by Gasteiger charge is 2.45. The predicted octanol–water partition coefficient (Wildman–Crippen LogP) is 3.06. The van der Waals surface area contributed by atoms with Crippen molar-refractivity contribution in [2.75, 3.05) is 44.8 Å². The summed E-state index contributed by atoms with van der Waals surface area (Å²) >= 11 is 0. The first-order chi connectivity index (χ1) is 12.6. The number of furan rings is 1. The fraction of sp³-hybridized carbons (Fsp3) is 0.450. The van der Waals surface area contributed by atoms with Gasteiger partial charge in [-0.15, -0.1) is 0 Å². The predicted molar refractivity (Wildman–Crippen MR) is 96.0 cm³/mol. The van der Waals surface area contributed by atoms with Crippen LogP contribution in [0.1, 0.15) is 28.8 Å². The molecule has 3 heterocycles. The minimum atomic E-state index is -0.200. The molecule has 4 rings (SSSR count). The number of anilines is 1. The van der Waals surface area contributed by atoms with Crippen molar-refractivity contribution in [1.29, 1.82) is 0 Å². The standard InChI is InChI=1S/C20H23FN2O3/c1-25-11-9-23-14-20(17-12-16(21)2-3-18(17)23)5-7-22(8-6-20)19(24)15-4-10-26-13-15/h2-4,10,12-13H,5-9,11,14H2,1H3. The average molecular weight is 358 g/mol. The Morgan fingerprint density at radius 2 is 2.12 bits per heavy atom. The summed E-state index contributed by atoms with van der Waals surface area (Å²) in [5, 5.41) is 0. The van der Waals surface area contributed by atoms with E-state index < -0.39 is 0 Å². The van der Waals surface area contributed by atoms with Crippen LogP contribution in [0.15, 0.2) is 41.2 Å². The van der Waals surface area contributed by atoms with Crippen LogP contribution >= 0.6 is 0 Å². The van der Waals surface area contributed by atoms with Crippen molar-refractivity contribution in [3.63, 3.8) is 0 Å². The van der Waals surface area contributed by atoms with Crippen LogP contribution in [-0.4, -0.2) is 50.7 Å². The molecule has 138 valence electrons. The number of fused-ring (bicyclic) bond motifs is 2. The summed E-state index contributed by atoms with van der Waals surface area (Å²) in [6.07, 6.45) is 4.66. The minimum Gasteiger partial charge on any atom is -0.472 e. The van der Waals surface area contributed by atoms with Crippen molar-refractivity contribution in [2.45, 2.75) is 18.3 Å². The van der Waals surface area contributed by atoms with E-state index in [-0.39, 0.29) is 17.1 Å². The maximum atomic E-state index is 14.0. The fourth-order valence-corrected chi connectivity index (χ4v) is 4.28. The number of likely N-dealkylation sites (tertiary alicyclic amines) is 1. The van der Waals surface area contributed by atoms with Gasteiger partial charge in [-0.25, -0.2) is 4.39 Å². The molecule has 0 radical (unpaired) electrons. The summed E-state index contributed by atoms with van der Waals surface area (Å²) in [7, 11) is 1.69. The molecule has 1 fully saturated rings. The molecule has 6 heteroatoms. The van der Waals surface area contributed by atoms with E-state index in [2.05, 4.69) is 4.90 Å². The molecule has 1 amide bonds. The second-order valence-electron chi connectivity index (χ2n) is 7.16. The van der Waals surface area contributed by atoms with Crippen LogP contribution in [0, 0.1) is 5.82 Å². The van der Waals surface area contributed by atoms with Crippen LogP contribution in [0.4, 0.5) is 10.1 Å². The average Bonchev–Trinajstić information content (AvgIpc) is 3.28. The minimum absolute atomic E-state index is 0.00213. The number of carbonyl (C=O) groups excluding carboxylic acids is 1. The van der Waals surface area contributed by atoms with Crippen LogP contribution in [-0.2, 0) is 10.2 Å². The summed E-state index contributed by atoms with van der Waals surface area (Å²) in [4.78, 5) is 16.7. The summed E-state index contributed by atoms with van der Waals surface area (Å²) in [5.74, 6) is -0.198. The molecule has 0 saturated carbocycles. The molecule has 2 aliphatic heterocycles. The Labute approximate surface area is 152 Å². The van der Waals surface area contributed by atoms with E-state index >= 15 is 0 Å². The highest BCUT2D eigenvalue weighted by atomic mass is 19.1. The van der Waals surface area contributed by atoms with E-state index in [1.807, 2.05) is 11.0 Å². The van der Waals surface area contributed by atoms with Crippen molar-refractivity contribution in [3.05, 3.63) is 53.7 Å². The SMILES string of the molecule is COCCN1CC2(CCN(C(=O)c3ccoc3)CC2)c2cc(F)ccc21. The number of benzene rings is 1. The van der Waals surface area contributed by atoms with Crippen molar-refractivity contribution in [1.82, 2.24) is 4.90 Å². The van der Waals surface area contributed by atoms with Gasteiger partial charge in [-0.05, 0) is 42.7 Å². The molecule has 1 saturated heterocycles. The van der Waals surface area contributed by atoms with Gasteiger partial charge in [0, 0.05) is 44.4 Å². The van der Waals surface area contributed by atoms with Crippen LogP contribution in [0.5, 0.6) is 0 Å². The van der Waals surface area contributed by atoms with Gasteiger partial charge in [0.25, 0.3) is 5.91 Å². The number of methoxy groups -OCH3 is 1. The Morgan fingerprint density at radius 1 is 1.31 bits per heavy atom. The van der Waals surface area contributed by atoms with Gasteiger partial charge in [-0.1, -0.05) is 0 Å².